The second kappa shape index (κ2) is 5.00. The fourth-order valence-corrected chi connectivity index (χ4v) is 1.79. The highest BCUT2D eigenvalue weighted by molar-refractivity contribution is 5.88. The van der Waals surface area contributed by atoms with Crippen molar-refractivity contribution >= 4 is 11.7 Å². The lowest BCUT2D eigenvalue weighted by molar-refractivity contribution is -0.386. The van der Waals surface area contributed by atoms with Crippen molar-refractivity contribution in [2.45, 2.75) is 13.5 Å². The number of furan rings is 1. The molecule has 0 atom stereocenters. The number of carbonyl (C=O) groups is 1. The third-order valence-electron chi connectivity index (χ3n) is 2.72. The second-order valence-electron chi connectivity index (χ2n) is 4.07. The first kappa shape index (κ1) is 13.5. The van der Waals surface area contributed by atoms with Crippen molar-refractivity contribution in [1.82, 2.24) is 4.57 Å². The molecule has 0 bridgehead atoms. The third-order valence-corrected chi connectivity index (χ3v) is 2.72. The van der Waals surface area contributed by atoms with Crippen LogP contribution in [0, 0.1) is 17.0 Å². The van der Waals surface area contributed by atoms with E-state index in [2.05, 4.69) is 0 Å². The fraction of sp³-hybridized carbons (Fsp3) is 0.167. The van der Waals surface area contributed by atoms with Gasteiger partial charge in [0, 0.05) is 12.3 Å². The van der Waals surface area contributed by atoms with Crippen molar-refractivity contribution in [2.75, 3.05) is 0 Å². The zero-order chi connectivity index (χ0) is 14.9. The number of nitrogens with zero attached hydrogens (tertiary/aromatic N) is 2. The van der Waals surface area contributed by atoms with E-state index in [1.165, 1.54) is 25.3 Å². The van der Waals surface area contributed by atoms with Gasteiger partial charge in [-0.1, -0.05) is 0 Å². The smallest absolute Gasteiger partial charge is 0.339 e. The lowest BCUT2D eigenvalue weighted by atomic mass is 10.2. The summed E-state index contributed by atoms with van der Waals surface area (Å²) in [6.45, 7) is 1.41. The highest BCUT2D eigenvalue weighted by Gasteiger charge is 2.17. The summed E-state index contributed by atoms with van der Waals surface area (Å²) in [5.74, 6) is -0.683. The average Bonchev–Trinajstić information content (AvgIpc) is 2.72. The molecule has 2 rings (SSSR count). The van der Waals surface area contributed by atoms with E-state index in [0.29, 0.717) is 0 Å². The van der Waals surface area contributed by atoms with Gasteiger partial charge < -0.3 is 14.1 Å². The lowest BCUT2D eigenvalue weighted by Gasteiger charge is -2.02. The number of aryl methyl sites for hydroxylation is 1. The molecular formula is C12H10N2O6. The molecule has 0 saturated carbocycles. The van der Waals surface area contributed by atoms with Crippen LogP contribution in [0.25, 0.3) is 0 Å². The molecular weight excluding hydrogens is 268 g/mol. The number of hydrogen-bond acceptors (Lipinski definition) is 5. The maximum Gasteiger partial charge on any atom is 0.339 e. The van der Waals surface area contributed by atoms with Crippen LogP contribution in [0.5, 0.6) is 0 Å². The molecule has 0 aromatic carbocycles. The summed E-state index contributed by atoms with van der Waals surface area (Å²) in [7, 11) is 0. The zero-order valence-corrected chi connectivity index (χ0v) is 10.4. The number of carboxylic acid groups (broad SMARTS) is 1. The minimum absolute atomic E-state index is 0.00141. The van der Waals surface area contributed by atoms with E-state index in [-0.39, 0.29) is 23.6 Å². The molecule has 0 radical (unpaired) electrons. The van der Waals surface area contributed by atoms with Gasteiger partial charge >= 0.3 is 17.2 Å². The summed E-state index contributed by atoms with van der Waals surface area (Å²) in [6, 6.07) is 3.77. The van der Waals surface area contributed by atoms with E-state index in [9.17, 15) is 19.7 Å². The van der Waals surface area contributed by atoms with Crippen LogP contribution in [0.3, 0.4) is 0 Å². The Morgan fingerprint density at radius 3 is 2.80 bits per heavy atom. The van der Waals surface area contributed by atoms with Crippen LogP contribution in [0.4, 0.5) is 5.69 Å². The van der Waals surface area contributed by atoms with E-state index in [1.54, 1.807) is 0 Å². The van der Waals surface area contributed by atoms with Crippen molar-refractivity contribution in [3.63, 3.8) is 0 Å². The van der Waals surface area contributed by atoms with Crippen molar-refractivity contribution in [1.29, 1.82) is 0 Å². The van der Waals surface area contributed by atoms with E-state index >= 15 is 0 Å². The average molecular weight is 278 g/mol. The number of aromatic carboxylic acids is 1. The molecule has 0 amide bonds. The summed E-state index contributed by atoms with van der Waals surface area (Å²) in [5, 5.41) is 19.6. The first-order valence-corrected chi connectivity index (χ1v) is 5.56. The molecule has 8 heteroatoms. The van der Waals surface area contributed by atoms with Gasteiger partial charge in [0.05, 0.1) is 11.5 Å². The molecule has 2 heterocycles. The van der Waals surface area contributed by atoms with Gasteiger partial charge in [-0.3, -0.25) is 14.9 Å². The minimum Gasteiger partial charge on any atom is -0.478 e. The summed E-state index contributed by atoms with van der Waals surface area (Å²) in [5.41, 5.74) is -1.32. The molecule has 0 saturated heterocycles. The maximum atomic E-state index is 11.8. The SMILES string of the molecule is Cc1oc(Cn2cccc([N+](=O)[O-])c2=O)cc1C(=O)O. The monoisotopic (exact) mass is 278 g/mol. The number of rotatable bonds is 4. The first-order chi connectivity index (χ1) is 9.40. The summed E-state index contributed by atoms with van der Waals surface area (Å²) < 4.78 is 6.31. The van der Waals surface area contributed by atoms with Crippen molar-refractivity contribution in [2.24, 2.45) is 0 Å². The molecule has 20 heavy (non-hydrogen) atoms. The normalized spacial score (nSPS) is 10.4. The molecule has 0 fully saturated rings. The van der Waals surface area contributed by atoms with Crippen LogP contribution in [-0.2, 0) is 6.54 Å². The maximum absolute atomic E-state index is 11.8. The molecule has 0 unspecified atom stereocenters. The van der Waals surface area contributed by atoms with Crippen LogP contribution >= 0.6 is 0 Å². The Labute approximate surface area is 112 Å². The molecule has 2 aromatic heterocycles. The number of aromatic nitrogens is 1. The van der Waals surface area contributed by atoms with Crippen molar-refractivity contribution in [3.8, 4) is 0 Å². The van der Waals surface area contributed by atoms with Gasteiger partial charge in [0.2, 0.25) is 0 Å². The van der Waals surface area contributed by atoms with Gasteiger partial charge in [-0.05, 0) is 19.1 Å². The van der Waals surface area contributed by atoms with Gasteiger partial charge in [-0.2, -0.15) is 0 Å². The number of carboxylic acids is 1. The number of hydrogen-bond donors (Lipinski definition) is 1. The van der Waals surface area contributed by atoms with Crippen LogP contribution in [0.15, 0.2) is 33.6 Å². The first-order valence-electron chi connectivity index (χ1n) is 5.56. The molecule has 2 aromatic rings. The van der Waals surface area contributed by atoms with Gasteiger partial charge in [0.15, 0.2) is 0 Å². The van der Waals surface area contributed by atoms with Gasteiger partial charge in [-0.15, -0.1) is 0 Å². The lowest BCUT2D eigenvalue weighted by Crippen LogP contribution is -2.22. The second-order valence-corrected chi connectivity index (χ2v) is 4.07. The molecule has 0 spiro atoms. The van der Waals surface area contributed by atoms with Crippen LogP contribution in [0.1, 0.15) is 21.9 Å². The molecule has 1 N–H and O–H groups in total. The summed E-state index contributed by atoms with van der Waals surface area (Å²) >= 11 is 0. The van der Waals surface area contributed by atoms with E-state index in [1.807, 2.05) is 0 Å². The van der Waals surface area contributed by atoms with E-state index in [4.69, 9.17) is 9.52 Å². The van der Waals surface area contributed by atoms with Crippen molar-refractivity contribution in [3.05, 3.63) is 61.9 Å². The Morgan fingerprint density at radius 2 is 2.25 bits per heavy atom. The molecule has 0 aliphatic heterocycles. The molecule has 104 valence electrons. The minimum atomic E-state index is -1.14. The zero-order valence-electron chi connectivity index (χ0n) is 10.4. The third kappa shape index (κ3) is 2.44. The number of nitro groups is 1. The van der Waals surface area contributed by atoms with Crippen molar-refractivity contribution < 1.29 is 19.2 Å². The molecule has 8 nitrogen and oxygen atoms in total. The number of pyridine rings is 1. The van der Waals surface area contributed by atoms with Gasteiger partial charge in [0.25, 0.3) is 0 Å². The molecule has 0 aliphatic rings. The summed E-state index contributed by atoms with van der Waals surface area (Å²) in [6.07, 6.45) is 1.37. The highest BCUT2D eigenvalue weighted by Crippen LogP contribution is 2.15. The fourth-order valence-electron chi connectivity index (χ4n) is 1.79. The Hall–Kier alpha value is -2.90. The van der Waals surface area contributed by atoms with Crippen LogP contribution < -0.4 is 5.56 Å². The van der Waals surface area contributed by atoms with Crippen LogP contribution in [0.2, 0.25) is 0 Å². The van der Waals surface area contributed by atoms with Crippen LogP contribution in [-0.4, -0.2) is 20.6 Å². The predicted octanol–water partition coefficient (Wildman–Crippen LogP) is 1.40. The Balaban J connectivity index is 2.38. The van der Waals surface area contributed by atoms with E-state index in [0.717, 1.165) is 10.6 Å². The van der Waals surface area contributed by atoms with E-state index < -0.39 is 22.1 Å². The standard InChI is InChI=1S/C12H10N2O6/c1-7-9(12(16)17)5-8(20-7)6-13-4-2-3-10(11(13)15)14(18)19/h2-5H,6H2,1H3,(H,16,17). The summed E-state index contributed by atoms with van der Waals surface area (Å²) in [4.78, 5) is 32.6. The Kier molecular flexibility index (Phi) is 3.38. The largest absolute Gasteiger partial charge is 0.478 e. The topological polar surface area (TPSA) is 116 Å². The Morgan fingerprint density at radius 1 is 1.55 bits per heavy atom. The quantitative estimate of drug-likeness (QED) is 0.667. The molecule has 0 aliphatic carbocycles. The van der Waals surface area contributed by atoms with Gasteiger partial charge in [0.1, 0.15) is 17.1 Å². The predicted molar refractivity (Wildman–Crippen MR) is 66.9 cm³/mol. The van der Waals surface area contributed by atoms with Gasteiger partial charge in [-0.25, -0.2) is 4.79 Å². The Bertz CT molecular complexity index is 743. The highest BCUT2D eigenvalue weighted by atomic mass is 16.6.